The quantitative estimate of drug-likeness (QED) is 0.813. The Morgan fingerprint density at radius 3 is 2.39 bits per heavy atom. The summed E-state index contributed by atoms with van der Waals surface area (Å²) in [6, 6.07) is 4.23. The molecule has 3 fully saturated rings. The molecule has 1 aromatic rings. The number of likely N-dealkylation sites (tertiary alicyclic amines) is 2. The number of carbonyl (C=O) groups is 2. The summed E-state index contributed by atoms with van der Waals surface area (Å²) in [5.41, 5.74) is 6.37. The molecule has 0 radical (unpaired) electrons. The lowest BCUT2D eigenvalue weighted by atomic mass is 9.62. The van der Waals surface area contributed by atoms with E-state index < -0.39 is 11.5 Å². The van der Waals surface area contributed by atoms with Crippen LogP contribution in [0.1, 0.15) is 42.2 Å². The fourth-order valence-electron chi connectivity index (χ4n) is 5.44. The zero-order valence-electron chi connectivity index (χ0n) is 16.5. The number of halogens is 1. The molecule has 28 heavy (non-hydrogen) atoms. The standard InChI is InChI=1S/C20H28N4O3.ClH/c1-13(25)23-11-17(12-23)24-9-15-4-3-5-16(10-24)20(15,27-2)14-6-7-22-18(8-14)19(21)26;/h6-8,15-17H,3-5,9-12H2,1-2H3,(H2,21,26);1H/t15-,16+,20-;. The first kappa shape index (κ1) is 21.0. The summed E-state index contributed by atoms with van der Waals surface area (Å²) in [5, 5.41) is 0. The minimum atomic E-state index is -0.510. The number of nitrogens with zero attached hydrogens (tertiary/aromatic N) is 3. The second kappa shape index (κ2) is 7.97. The maximum absolute atomic E-state index is 11.6. The molecule has 3 heterocycles. The van der Waals surface area contributed by atoms with Gasteiger partial charge in [0.15, 0.2) is 0 Å². The molecule has 2 amide bonds. The number of aromatic nitrogens is 1. The van der Waals surface area contributed by atoms with Crippen LogP contribution < -0.4 is 5.73 Å². The molecule has 8 heteroatoms. The summed E-state index contributed by atoms with van der Waals surface area (Å²) >= 11 is 0. The van der Waals surface area contributed by atoms with Gasteiger partial charge < -0.3 is 15.4 Å². The van der Waals surface area contributed by atoms with Gasteiger partial charge in [-0.3, -0.25) is 19.5 Å². The Hall–Kier alpha value is -1.70. The van der Waals surface area contributed by atoms with Crippen LogP contribution in [-0.4, -0.2) is 65.9 Å². The Balaban J connectivity index is 0.00000225. The van der Waals surface area contributed by atoms with Crippen LogP contribution in [0.25, 0.3) is 0 Å². The van der Waals surface area contributed by atoms with E-state index in [1.807, 2.05) is 17.0 Å². The molecule has 154 valence electrons. The van der Waals surface area contributed by atoms with Crippen LogP contribution >= 0.6 is 12.4 Å². The van der Waals surface area contributed by atoms with Crippen molar-refractivity contribution in [2.75, 3.05) is 33.3 Å². The Morgan fingerprint density at radius 2 is 1.86 bits per heavy atom. The molecular formula is C20H29ClN4O3. The third kappa shape index (κ3) is 3.29. The average Bonchev–Trinajstić information content (AvgIpc) is 2.59. The van der Waals surface area contributed by atoms with Crippen molar-refractivity contribution in [3.63, 3.8) is 0 Å². The Bertz CT molecular complexity index is 739. The van der Waals surface area contributed by atoms with Gasteiger partial charge in [0, 0.05) is 64.3 Å². The van der Waals surface area contributed by atoms with Gasteiger partial charge in [-0.1, -0.05) is 6.42 Å². The maximum Gasteiger partial charge on any atom is 0.267 e. The molecule has 4 rings (SSSR count). The van der Waals surface area contributed by atoms with E-state index in [-0.39, 0.29) is 18.3 Å². The molecule has 0 aromatic carbocycles. The van der Waals surface area contributed by atoms with E-state index in [0.717, 1.165) is 44.6 Å². The molecule has 1 aromatic heterocycles. The molecule has 2 saturated heterocycles. The number of fused-ring (bicyclic) bond motifs is 2. The van der Waals surface area contributed by atoms with Gasteiger partial charge in [-0.15, -0.1) is 12.4 Å². The summed E-state index contributed by atoms with van der Waals surface area (Å²) in [4.78, 5) is 31.7. The van der Waals surface area contributed by atoms with E-state index in [1.165, 1.54) is 6.42 Å². The molecule has 0 spiro atoms. The van der Waals surface area contributed by atoms with Crippen molar-refractivity contribution in [3.8, 4) is 0 Å². The number of rotatable bonds is 4. The molecule has 2 aliphatic heterocycles. The Kier molecular flexibility index (Phi) is 5.98. The highest BCUT2D eigenvalue weighted by molar-refractivity contribution is 5.90. The van der Waals surface area contributed by atoms with Crippen molar-refractivity contribution in [2.24, 2.45) is 17.6 Å². The first-order chi connectivity index (χ1) is 13.0. The number of primary amides is 1. The normalized spacial score (nSPS) is 30.3. The fraction of sp³-hybridized carbons (Fsp3) is 0.650. The third-order valence-corrected chi connectivity index (χ3v) is 6.85. The van der Waals surface area contributed by atoms with Gasteiger partial charge in [0.05, 0.1) is 0 Å². The predicted molar refractivity (Wildman–Crippen MR) is 107 cm³/mol. The molecule has 3 atom stereocenters. The summed E-state index contributed by atoms with van der Waals surface area (Å²) in [5.74, 6) is 0.351. The van der Waals surface area contributed by atoms with Crippen molar-refractivity contribution in [2.45, 2.75) is 37.8 Å². The van der Waals surface area contributed by atoms with Gasteiger partial charge in [0.1, 0.15) is 11.3 Å². The summed E-state index contributed by atoms with van der Waals surface area (Å²) in [6.07, 6.45) is 5.05. The maximum atomic E-state index is 11.6. The zero-order chi connectivity index (χ0) is 19.2. The summed E-state index contributed by atoms with van der Waals surface area (Å²) < 4.78 is 6.23. The molecule has 1 saturated carbocycles. The van der Waals surface area contributed by atoms with Crippen LogP contribution in [0.15, 0.2) is 18.3 Å². The number of methoxy groups -OCH3 is 1. The van der Waals surface area contributed by atoms with Crippen molar-refractivity contribution in [3.05, 3.63) is 29.6 Å². The summed E-state index contributed by atoms with van der Waals surface area (Å²) in [6.45, 7) is 5.20. The summed E-state index contributed by atoms with van der Waals surface area (Å²) in [7, 11) is 1.78. The second-order valence-electron chi connectivity index (χ2n) is 8.15. The van der Waals surface area contributed by atoms with Crippen LogP contribution in [-0.2, 0) is 15.1 Å². The van der Waals surface area contributed by atoms with Crippen molar-refractivity contribution < 1.29 is 14.3 Å². The number of amides is 2. The van der Waals surface area contributed by atoms with Gasteiger partial charge in [-0.05, 0) is 30.5 Å². The van der Waals surface area contributed by atoms with Crippen LogP contribution in [0.4, 0.5) is 0 Å². The number of pyridine rings is 1. The highest BCUT2D eigenvalue weighted by Crippen LogP contribution is 2.52. The number of hydrogen-bond donors (Lipinski definition) is 1. The van der Waals surface area contributed by atoms with Crippen LogP contribution in [0.5, 0.6) is 0 Å². The highest BCUT2D eigenvalue weighted by atomic mass is 35.5. The van der Waals surface area contributed by atoms with Crippen molar-refractivity contribution >= 4 is 24.2 Å². The number of piperidine rings is 1. The average molecular weight is 409 g/mol. The van der Waals surface area contributed by atoms with E-state index >= 15 is 0 Å². The molecule has 2 N–H and O–H groups in total. The number of carbonyl (C=O) groups excluding carboxylic acids is 2. The first-order valence-corrected chi connectivity index (χ1v) is 9.76. The number of hydrogen-bond acceptors (Lipinski definition) is 5. The van der Waals surface area contributed by atoms with Gasteiger partial charge in [0.2, 0.25) is 5.91 Å². The topological polar surface area (TPSA) is 88.8 Å². The molecule has 1 aliphatic carbocycles. The third-order valence-electron chi connectivity index (χ3n) is 6.85. The first-order valence-electron chi connectivity index (χ1n) is 9.76. The Labute approximate surface area is 172 Å². The van der Waals surface area contributed by atoms with Crippen LogP contribution in [0, 0.1) is 11.8 Å². The van der Waals surface area contributed by atoms with E-state index in [4.69, 9.17) is 10.5 Å². The lowest BCUT2D eigenvalue weighted by Gasteiger charge is -2.58. The van der Waals surface area contributed by atoms with Gasteiger partial charge in [-0.25, -0.2) is 0 Å². The SMILES string of the molecule is CO[C@]1(c2ccnc(C(N)=O)c2)[C@@H]2CCC[C@H]1CN(C1CN(C(C)=O)C1)C2.Cl. The lowest BCUT2D eigenvalue weighted by Crippen LogP contribution is -2.67. The van der Waals surface area contributed by atoms with Crippen molar-refractivity contribution in [1.29, 1.82) is 0 Å². The van der Waals surface area contributed by atoms with Crippen LogP contribution in [0.3, 0.4) is 0 Å². The highest BCUT2D eigenvalue weighted by Gasteiger charge is 2.54. The molecule has 3 aliphatic rings. The smallest absolute Gasteiger partial charge is 0.267 e. The van der Waals surface area contributed by atoms with E-state index in [2.05, 4.69) is 9.88 Å². The van der Waals surface area contributed by atoms with E-state index in [0.29, 0.717) is 23.6 Å². The van der Waals surface area contributed by atoms with Crippen LogP contribution in [0.2, 0.25) is 0 Å². The lowest BCUT2D eigenvalue weighted by molar-refractivity contribution is -0.182. The van der Waals surface area contributed by atoms with E-state index in [1.54, 1.807) is 20.2 Å². The molecule has 0 unspecified atom stereocenters. The fourth-order valence-corrected chi connectivity index (χ4v) is 5.44. The van der Waals surface area contributed by atoms with Gasteiger partial charge in [0.25, 0.3) is 5.91 Å². The van der Waals surface area contributed by atoms with Gasteiger partial charge in [-0.2, -0.15) is 0 Å². The second-order valence-corrected chi connectivity index (χ2v) is 8.15. The van der Waals surface area contributed by atoms with Gasteiger partial charge >= 0.3 is 0 Å². The Morgan fingerprint density at radius 1 is 1.21 bits per heavy atom. The van der Waals surface area contributed by atoms with E-state index in [9.17, 15) is 9.59 Å². The zero-order valence-corrected chi connectivity index (χ0v) is 17.3. The molecular weight excluding hydrogens is 380 g/mol. The minimum absolute atomic E-state index is 0. The molecule has 7 nitrogen and oxygen atoms in total. The monoisotopic (exact) mass is 408 g/mol. The van der Waals surface area contributed by atoms with Crippen molar-refractivity contribution in [1.82, 2.24) is 14.8 Å². The minimum Gasteiger partial charge on any atom is -0.373 e. The predicted octanol–water partition coefficient (Wildman–Crippen LogP) is 1.41. The number of ether oxygens (including phenoxy) is 1. The molecule has 2 bridgehead atoms. The largest absolute Gasteiger partial charge is 0.373 e. The number of nitrogens with two attached hydrogens (primary N) is 1.